The highest BCUT2D eigenvalue weighted by molar-refractivity contribution is 5.77. The molecule has 2 unspecified atom stereocenters. The van der Waals surface area contributed by atoms with E-state index in [1.54, 1.807) is 6.07 Å². The fourth-order valence-electron chi connectivity index (χ4n) is 2.08. The fraction of sp³-hybridized carbons (Fsp3) is 0.588. The van der Waals surface area contributed by atoms with Gasteiger partial charge in [-0.15, -0.1) is 13.2 Å². The zero-order chi connectivity index (χ0) is 18.5. The van der Waals surface area contributed by atoms with Crippen LogP contribution in [0.25, 0.3) is 0 Å². The lowest BCUT2D eigenvalue weighted by molar-refractivity contribution is -0.274. The highest BCUT2D eigenvalue weighted by Gasteiger charge is 2.31. The highest BCUT2D eigenvalue weighted by atomic mass is 19.4. The van der Waals surface area contributed by atoms with E-state index >= 15 is 0 Å². The number of ether oxygens (including phenoxy) is 1. The average molecular weight is 347 g/mol. The molecule has 1 amide bonds. The number of carbonyl (C=O) groups is 1. The van der Waals surface area contributed by atoms with E-state index < -0.39 is 23.9 Å². The number of rotatable bonds is 6. The normalized spacial score (nSPS) is 14.8. The van der Waals surface area contributed by atoms with Crippen LogP contribution in [0.4, 0.5) is 13.2 Å². The Kier molecular flexibility index (Phi) is 6.66. The molecule has 0 aromatic heterocycles. The van der Waals surface area contributed by atoms with E-state index in [-0.39, 0.29) is 18.1 Å². The minimum absolute atomic E-state index is 0.0707. The number of hydrogen-bond acceptors (Lipinski definition) is 3. The van der Waals surface area contributed by atoms with Crippen molar-refractivity contribution in [2.45, 2.75) is 59.0 Å². The van der Waals surface area contributed by atoms with E-state index in [0.29, 0.717) is 12.0 Å². The molecule has 0 saturated heterocycles. The van der Waals surface area contributed by atoms with Gasteiger partial charge in [-0.3, -0.25) is 4.79 Å². The third-order valence-electron chi connectivity index (χ3n) is 3.62. The second-order valence-corrected chi connectivity index (χ2v) is 6.73. The Morgan fingerprint density at radius 3 is 2.42 bits per heavy atom. The van der Waals surface area contributed by atoms with Crippen molar-refractivity contribution in [3.63, 3.8) is 0 Å². The molecular formula is C17H24F3NO3. The van der Waals surface area contributed by atoms with Crippen LogP contribution in [0, 0.1) is 5.41 Å². The summed E-state index contributed by atoms with van der Waals surface area (Å²) in [5.41, 5.74) is 0.0809. The van der Waals surface area contributed by atoms with E-state index in [2.05, 4.69) is 10.1 Å². The number of halogens is 3. The molecule has 0 heterocycles. The van der Waals surface area contributed by atoms with Gasteiger partial charge in [0.05, 0.1) is 18.6 Å². The molecule has 0 aliphatic carbocycles. The Morgan fingerprint density at radius 2 is 1.92 bits per heavy atom. The summed E-state index contributed by atoms with van der Waals surface area (Å²) in [5.74, 6) is -0.686. The standard InChI is InChI=1S/C17H24F3NO3/c1-5-13(21-15(23)10-14(22)16(2,3)4)11-7-6-8-12(9-11)24-17(18,19)20/h6-9,13-14,22H,5,10H2,1-4H3,(H,21,23). The molecule has 2 N–H and O–H groups in total. The quantitative estimate of drug-likeness (QED) is 0.819. The average Bonchev–Trinajstić information content (AvgIpc) is 2.42. The van der Waals surface area contributed by atoms with Crippen LogP contribution in [0.3, 0.4) is 0 Å². The van der Waals surface area contributed by atoms with Crippen molar-refractivity contribution in [2.75, 3.05) is 0 Å². The predicted octanol–water partition coefficient (Wildman–Crippen LogP) is 3.95. The summed E-state index contributed by atoms with van der Waals surface area (Å²) in [5, 5.41) is 12.7. The number of amides is 1. The van der Waals surface area contributed by atoms with Crippen LogP contribution < -0.4 is 10.1 Å². The van der Waals surface area contributed by atoms with Crippen molar-refractivity contribution in [3.8, 4) is 5.75 Å². The number of alkyl halides is 3. The molecule has 136 valence electrons. The van der Waals surface area contributed by atoms with Crippen LogP contribution in [-0.2, 0) is 4.79 Å². The number of carbonyl (C=O) groups excluding carboxylic acids is 1. The second-order valence-electron chi connectivity index (χ2n) is 6.73. The minimum atomic E-state index is -4.76. The minimum Gasteiger partial charge on any atom is -0.406 e. The Balaban J connectivity index is 2.79. The van der Waals surface area contributed by atoms with Crippen molar-refractivity contribution >= 4 is 5.91 Å². The number of hydrogen-bond donors (Lipinski definition) is 2. The van der Waals surface area contributed by atoms with Crippen LogP contribution >= 0.6 is 0 Å². The first kappa shape index (κ1) is 20.3. The zero-order valence-electron chi connectivity index (χ0n) is 14.3. The van der Waals surface area contributed by atoms with E-state index in [4.69, 9.17) is 0 Å². The van der Waals surface area contributed by atoms with Gasteiger partial charge >= 0.3 is 6.36 Å². The van der Waals surface area contributed by atoms with Gasteiger partial charge in [0.15, 0.2) is 0 Å². The van der Waals surface area contributed by atoms with Crippen LogP contribution in [0.15, 0.2) is 24.3 Å². The monoisotopic (exact) mass is 347 g/mol. The molecule has 1 aromatic rings. The van der Waals surface area contributed by atoms with Gasteiger partial charge in [-0.05, 0) is 29.5 Å². The molecule has 0 aliphatic rings. The maximum Gasteiger partial charge on any atom is 0.573 e. The Bertz CT molecular complexity index is 553. The predicted molar refractivity (Wildman–Crippen MR) is 84.4 cm³/mol. The van der Waals surface area contributed by atoms with Gasteiger partial charge < -0.3 is 15.2 Å². The molecule has 7 heteroatoms. The van der Waals surface area contributed by atoms with Crippen molar-refractivity contribution in [1.29, 1.82) is 0 Å². The van der Waals surface area contributed by atoms with Gasteiger partial charge in [-0.2, -0.15) is 0 Å². The lowest BCUT2D eigenvalue weighted by Gasteiger charge is -2.26. The summed E-state index contributed by atoms with van der Waals surface area (Å²) < 4.78 is 40.8. The van der Waals surface area contributed by atoms with Crippen molar-refractivity contribution in [3.05, 3.63) is 29.8 Å². The Hall–Kier alpha value is -1.76. The van der Waals surface area contributed by atoms with Gasteiger partial charge in [0.25, 0.3) is 0 Å². The van der Waals surface area contributed by atoms with E-state index in [1.807, 2.05) is 27.7 Å². The molecule has 4 nitrogen and oxygen atoms in total. The smallest absolute Gasteiger partial charge is 0.406 e. The largest absolute Gasteiger partial charge is 0.573 e. The third-order valence-corrected chi connectivity index (χ3v) is 3.62. The molecule has 1 rings (SSSR count). The second kappa shape index (κ2) is 7.88. The van der Waals surface area contributed by atoms with Crippen molar-refractivity contribution in [1.82, 2.24) is 5.32 Å². The molecule has 0 spiro atoms. The van der Waals surface area contributed by atoms with Gasteiger partial charge in [0.1, 0.15) is 5.75 Å². The summed E-state index contributed by atoms with van der Waals surface area (Å²) in [6.45, 7) is 7.27. The Morgan fingerprint density at radius 1 is 1.29 bits per heavy atom. The summed E-state index contributed by atoms with van der Waals surface area (Å²) in [7, 11) is 0. The molecule has 0 fully saturated rings. The van der Waals surface area contributed by atoms with Crippen LogP contribution in [-0.4, -0.2) is 23.5 Å². The molecule has 0 bridgehead atoms. The summed E-state index contributed by atoms with van der Waals surface area (Å²) in [6.07, 6.45) is -5.15. The maximum absolute atomic E-state index is 12.3. The molecular weight excluding hydrogens is 323 g/mol. The van der Waals surface area contributed by atoms with Gasteiger partial charge in [0.2, 0.25) is 5.91 Å². The maximum atomic E-state index is 12.3. The first-order chi connectivity index (χ1) is 10.9. The number of benzene rings is 1. The van der Waals surface area contributed by atoms with Crippen molar-refractivity contribution < 1.29 is 27.8 Å². The highest BCUT2D eigenvalue weighted by Crippen LogP contribution is 2.27. The SMILES string of the molecule is CCC(NC(=O)CC(O)C(C)(C)C)c1cccc(OC(F)(F)F)c1. The van der Waals surface area contributed by atoms with E-state index in [9.17, 15) is 23.1 Å². The molecule has 1 aromatic carbocycles. The number of aliphatic hydroxyl groups is 1. The molecule has 2 atom stereocenters. The topological polar surface area (TPSA) is 58.6 Å². The third kappa shape index (κ3) is 6.78. The summed E-state index contributed by atoms with van der Waals surface area (Å²) >= 11 is 0. The number of nitrogens with one attached hydrogen (secondary N) is 1. The van der Waals surface area contributed by atoms with Crippen molar-refractivity contribution in [2.24, 2.45) is 5.41 Å². The summed E-state index contributed by atoms with van der Waals surface area (Å²) in [6, 6.07) is 5.06. The molecule has 0 radical (unpaired) electrons. The lowest BCUT2D eigenvalue weighted by atomic mass is 9.87. The van der Waals surface area contributed by atoms with Gasteiger partial charge in [-0.1, -0.05) is 39.8 Å². The molecule has 0 saturated carbocycles. The Labute approximate surface area is 140 Å². The first-order valence-corrected chi connectivity index (χ1v) is 7.75. The fourth-order valence-corrected chi connectivity index (χ4v) is 2.08. The van der Waals surface area contributed by atoms with E-state index in [1.165, 1.54) is 18.2 Å². The van der Waals surface area contributed by atoms with Gasteiger partial charge in [-0.25, -0.2) is 0 Å². The van der Waals surface area contributed by atoms with Crippen LogP contribution in [0.2, 0.25) is 0 Å². The number of aliphatic hydroxyl groups excluding tert-OH is 1. The summed E-state index contributed by atoms with van der Waals surface area (Å²) in [4.78, 5) is 12.1. The zero-order valence-corrected chi connectivity index (χ0v) is 14.3. The lowest BCUT2D eigenvalue weighted by Crippen LogP contribution is -2.35. The van der Waals surface area contributed by atoms with Crippen LogP contribution in [0.5, 0.6) is 5.75 Å². The van der Waals surface area contributed by atoms with E-state index in [0.717, 1.165) is 0 Å². The molecule has 0 aliphatic heterocycles. The first-order valence-electron chi connectivity index (χ1n) is 7.75. The molecule has 24 heavy (non-hydrogen) atoms. The van der Waals surface area contributed by atoms with Crippen LogP contribution in [0.1, 0.15) is 52.1 Å². The van der Waals surface area contributed by atoms with Gasteiger partial charge in [0, 0.05) is 0 Å².